The van der Waals surface area contributed by atoms with Gasteiger partial charge in [-0.3, -0.25) is 9.59 Å². The van der Waals surface area contributed by atoms with Crippen LogP contribution in [-0.4, -0.2) is 31.8 Å². The summed E-state index contributed by atoms with van der Waals surface area (Å²) in [6.45, 7) is 2.39. The lowest BCUT2D eigenvalue weighted by molar-refractivity contribution is 0.0997. The van der Waals surface area contributed by atoms with Gasteiger partial charge >= 0.3 is 0 Å². The highest BCUT2D eigenvalue weighted by Gasteiger charge is 2.23. The number of nitrogens with one attached hydrogen (secondary N) is 1. The fourth-order valence-electron chi connectivity index (χ4n) is 3.49. The summed E-state index contributed by atoms with van der Waals surface area (Å²) in [5, 5.41) is 4.17. The van der Waals surface area contributed by atoms with Gasteiger partial charge in [-0.25, -0.2) is 0 Å². The van der Waals surface area contributed by atoms with Gasteiger partial charge in [0.2, 0.25) is 5.78 Å². The molecule has 7 heteroatoms. The van der Waals surface area contributed by atoms with Crippen molar-refractivity contribution in [1.29, 1.82) is 0 Å². The summed E-state index contributed by atoms with van der Waals surface area (Å²) in [6, 6.07) is 19.0. The first-order chi connectivity index (χ1) is 16.0. The molecule has 1 N–H and O–H groups in total. The topological polar surface area (TPSA) is 77.8 Å². The van der Waals surface area contributed by atoms with E-state index < -0.39 is 0 Å². The summed E-state index contributed by atoms with van der Waals surface area (Å²) in [4.78, 5) is 26.0. The number of furan rings is 1. The Hall–Kier alpha value is -3.77. The van der Waals surface area contributed by atoms with Crippen LogP contribution in [0.2, 0.25) is 5.02 Å². The Labute approximate surface area is 196 Å². The number of ether oxygens (including phenoxy) is 2. The van der Waals surface area contributed by atoms with Gasteiger partial charge in [-0.1, -0.05) is 23.7 Å². The maximum absolute atomic E-state index is 13.2. The molecule has 1 heterocycles. The van der Waals surface area contributed by atoms with Gasteiger partial charge in [0.15, 0.2) is 11.5 Å². The second kappa shape index (κ2) is 9.79. The van der Waals surface area contributed by atoms with Crippen LogP contribution < -0.4 is 14.8 Å². The van der Waals surface area contributed by atoms with Crippen molar-refractivity contribution in [3.05, 3.63) is 88.6 Å². The average molecular weight is 464 g/mol. The van der Waals surface area contributed by atoms with Crippen LogP contribution in [0.25, 0.3) is 11.0 Å². The molecule has 0 bridgehead atoms. The number of rotatable bonds is 9. The number of para-hydroxylation sites is 1. The highest BCUT2D eigenvalue weighted by atomic mass is 35.5. The van der Waals surface area contributed by atoms with Gasteiger partial charge in [-0.05, 0) is 61.5 Å². The molecule has 4 aromatic rings. The third-order valence-corrected chi connectivity index (χ3v) is 5.42. The molecule has 0 spiro atoms. The van der Waals surface area contributed by atoms with Gasteiger partial charge in [0, 0.05) is 16.5 Å². The molecule has 0 unspecified atom stereocenters. The Morgan fingerprint density at radius 1 is 1.00 bits per heavy atom. The molecule has 0 radical (unpaired) electrons. The van der Waals surface area contributed by atoms with E-state index in [4.69, 9.17) is 25.5 Å². The molecule has 33 heavy (non-hydrogen) atoms. The standard InChI is InChI=1S/C26H22ClNO5/c1-3-32-18-11-8-16(9-12-18)25(30)26-24(19-6-4-5-7-22(19)33-26)28-15-21(29)17-10-13-23(31-2)20(27)14-17/h4-14,28H,3,15H2,1-2H3. The van der Waals surface area contributed by atoms with E-state index in [1.807, 2.05) is 25.1 Å². The van der Waals surface area contributed by atoms with E-state index in [0.29, 0.717) is 50.9 Å². The first-order valence-electron chi connectivity index (χ1n) is 10.4. The van der Waals surface area contributed by atoms with Crippen molar-refractivity contribution in [2.45, 2.75) is 6.92 Å². The van der Waals surface area contributed by atoms with Crippen molar-refractivity contribution in [3.63, 3.8) is 0 Å². The van der Waals surface area contributed by atoms with E-state index in [2.05, 4.69) is 5.32 Å². The van der Waals surface area contributed by atoms with Gasteiger partial charge in [-0.2, -0.15) is 0 Å². The minimum absolute atomic E-state index is 0.0459. The van der Waals surface area contributed by atoms with Crippen LogP contribution in [0.1, 0.15) is 33.4 Å². The Balaban J connectivity index is 1.62. The number of anilines is 1. The maximum Gasteiger partial charge on any atom is 0.230 e. The second-order valence-electron chi connectivity index (χ2n) is 7.21. The minimum Gasteiger partial charge on any atom is -0.495 e. The lowest BCUT2D eigenvalue weighted by Crippen LogP contribution is -2.15. The SMILES string of the molecule is CCOc1ccc(C(=O)c2oc3ccccc3c2NCC(=O)c2ccc(OC)c(Cl)c2)cc1. The van der Waals surface area contributed by atoms with Crippen LogP contribution in [0.15, 0.2) is 71.1 Å². The summed E-state index contributed by atoms with van der Waals surface area (Å²) in [7, 11) is 1.51. The van der Waals surface area contributed by atoms with Crippen molar-refractivity contribution >= 4 is 39.8 Å². The minimum atomic E-state index is -0.295. The van der Waals surface area contributed by atoms with E-state index in [1.54, 1.807) is 48.5 Å². The number of carbonyl (C=O) groups excluding carboxylic acids is 2. The third-order valence-electron chi connectivity index (χ3n) is 5.13. The predicted molar refractivity (Wildman–Crippen MR) is 128 cm³/mol. The molecule has 168 valence electrons. The van der Waals surface area contributed by atoms with Crippen LogP contribution in [0.3, 0.4) is 0 Å². The molecular formula is C26H22ClNO5. The number of hydrogen-bond donors (Lipinski definition) is 1. The summed E-state index contributed by atoms with van der Waals surface area (Å²) in [5.41, 5.74) is 1.90. The lowest BCUT2D eigenvalue weighted by Gasteiger charge is -2.09. The molecule has 0 aliphatic rings. The highest BCUT2D eigenvalue weighted by Crippen LogP contribution is 2.33. The molecule has 0 saturated heterocycles. The summed E-state index contributed by atoms with van der Waals surface area (Å²) in [5.74, 6) is 0.827. The molecule has 4 rings (SSSR count). The maximum atomic E-state index is 13.2. The zero-order valence-corrected chi connectivity index (χ0v) is 18.9. The summed E-state index contributed by atoms with van der Waals surface area (Å²) < 4.78 is 16.5. The molecule has 0 aliphatic heterocycles. The van der Waals surface area contributed by atoms with Gasteiger partial charge in [0.05, 0.1) is 31.0 Å². The van der Waals surface area contributed by atoms with Crippen LogP contribution in [-0.2, 0) is 0 Å². The van der Waals surface area contributed by atoms with Crippen LogP contribution in [0.5, 0.6) is 11.5 Å². The Morgan fingerprint density at radius 3 is 2.42 bits per heavy atom. The van der Waals surface area contributed by atoms with Gasteiger partial charge in [-0.15, -0.1) is 0 Å². The van der Waals surface area contributed by atoms with Crippen molar-refractivity contribution in [2.75, 3.05) is 25.6 Å². The van der Waals surface area contributed by atoms with E-state index in [1.165, 1.54) is 7.11 Å². The highest BCUT2D eigenvalue weighted by molar-refractivity contribution is 6.32. The average Bonchev–Trinajstić information content (AvgIpc) is 3.21. The summed E-state index contributed by atoms with van der Waals surface area (Å²) >= 11 is 6.15. The van der Waals surface area contributed by atoms with Gasteiger partial charge in [0.1, 0.15) is 17.1 Å². The van der Waals surface area contributed by atoms with Crippen LogP contribution in [0.4, 0.5) is 5.69 Å². The summed E-state index contributed by atoms with van der Waals surface area (Å²) in [6.07, 6.45) is 0. The number of fused-ring (bicyclic) bond motifs is 1. The number of benzene rings is 3. The quantitative estimate of drug-likeness (QED) is 0.306. The molecule has 0 aliphatic carbocycles. The zero-order chi connectivity index (χ0) is 23.4. The first-order valence-corrected chi connectivity index (χ1v) is 10.8. The van der Waals surface area contributed by atoms with E-state index in [-0.39, 0.29) is 23.9 Å². The molecule has 0 fully saturated rings. The predicted octanol–water partition coefficient (Wildman–Crippen LogP) is 6.02. The van der Waals surface area contributed by atoms with Crippen molar-refractivity contribution in [2.24, 2.45) is 0 Å². The van der Waals surface area contributed by atoms with Crippen LogP contribution >= 0.6 is 11.6 Å². The molecule has 3 aromatic carbocycles. The number of Topliss-reactive ketones (excluding diaryl/α,β-unsaturated/α-hetero) is 1. The van der Waals surface area contributed by atoms with Gasteiger partial charge < -0.3 is 19.2 Å². The fraction of sp³-hybridized carbons (Fsp3) is 0.154. The number of methoxy groups -OCH3 is 1. The molecule has 0 saturated carbocycles. The Bertz CT molecular complexity index is 1310. The molecule has 1 aromatic heterocycles. The number of carbonyl (C=O) groups is 2. The fourth-order valence-corrected chi connectivity index (χ4v) is 3.75. The molecular weight excluding hydrogens is 442 g/mol. The molecule has 0 amide bonds. The molecule has 6 nitrogen and oxygen atoms in total. The third kappa shape index (κ3) is 4.71. The number of ketones is 2. The van der Waals surface area contributed by atoms with Crippen molar-refractivity contribution in [1.82, 2.24) is 0 Å². The molecule has 0 atom stereocenters. The number of halogens is 1. The van der Waals surface area contributed by atoms with E-state index >= 15 is 0 Å². The smallest absolute Gasteiger partial charge is 0.230 e. The zero-order valence-electron chi connectivity index (χ0n) is 18.2. The van der Waals surface area contributed by atoms with Crippen molar-refractivity contribution in [3.8, 4) is 11.5 Å². The van der Waals surface area contributed by atoms with Crippen LogP contribution in [0, 0.1) is 0 Å². The van der Waals surface area contributed by atoms with Crippen molar-refractivity contribution < 1.29 is 23.5 Å². The van der Waals surface area contributed by atoms with E-state index in [9.17, 15) is 9.59 Å². The largest absolute Gasteiger partial charge is 0.495 e. The normalized spacial score (nSPS) is 10.8. The Kier molecular flexibility index (Phi) is 6.66. The number of hydrogen-bond acceptors (Lipinski definition) is 6. The monoisotopic (exact) mass is 463 g/mol. The lowest BCUT2D eigenvalue weighted by atomic mass is 10.1. The Morgan fingerprint density at radius 2 is 1.73 bits per heavy atom. The van der Waals surface area contributed by atoms with E-state index in [0.717, 1.165) is 0 Å². The second-order valence-corrected chi connectivity index (χ2v) is 7.62. The first kappa shape index (κ1) is 22.4. The van der Waals surface area contributed by atoms with Gasteiger partial charge in [0.25, 0.3) is 0 Å².